The van der Waals surface area contributed by atoms with Gasteiger partial charge in [0.1, 0.15) is 5.69 Å². The van der Waals surface area contributed by atoms with Crippen molar-refractivity contribution in [1.29, 1.82) is 0 Å². The van der Waals surface area contributed by atoms with Crippen molar-refractivity contribution in [1.82, 2.24) is 4.90 Å². The third kappa shape index (κ3) is 5.01. The van der Waals surface area contributed by atoms with E-state index in [4.69, 9.17) is 11.6 Å². The number of aryl methyl sites for hydroxylation is 1. The molecule has 0 aliphatic carbocycles. The first kappa shape index (κ1) is 18.9. The molecule has 1 N–H and O–H groups in total. The number of nitrogens with one attached hydrogen (secondary N) is 1. The molecule has 0 aromatic heterocycles. The van der Waals surface area contributed by atoms with Crippen LogP contribution in [-0.4, -0.2) is 29.3 Å². The molecule has 0 heterocycles. The van der Waals surface area contributed by atoms with Crippen molar-refractivity contribution in [3.63, 3.8) is 0 Å². The van der Waals surface area contributed by atoms with Crippen LogP contribution >= 0.6 is 11.6 Å². The Labute approximate surface area is 151 Å². The largest absolute Gasteiger partial charge is 0.319 e. The molecule has 0 fully saturated rings. The fraction of sp³-hybridized carbons (Fsp3) is 0.278. The van der Waals surface area contributed by atoms with Gasteiger partial charge in [-0.05, 0) is 49.7 Å². The molecule has 2 aromatic carbocycles. The van der Waals surface area contributed by atoms with Gasteiger partial charge in [0.2, 0.25) is 5.91 Å². The number of anilines is 1. The first-order valence-corrected chi connectivity index (χ1v) is 8.13. The fourth-order valence-corrected chi connectivity index (χ4v) is 2.62. The minimum absolute atomic E-state index is 0.100. The second-order valence-corrected chi connectivity index (χ2v) is 6.44. The number of nitrogens with zero attached hydrogens (tertiary/aromatic N) is 2. The van der Waals surface area contributed by atoms with Crippen molar-refractivity contribution in [3.05, 3.63) is 68.2 Å². The molecule has 2 aromatic rings. The van der Waals surface area contributed by atoms with Crippen LogP contribution in [0.15, 0.2) is 36.4 Å². The molecule has 0 aliphatic rings. The van der Waals surface area contributed by atoms with Gasteiger partial charge in [0.15, 0.2) is 0 Å². The van der Waals surface area contributed by atoms with E-state index in [0.717, 1.165) is 11.1 Å². The van der Waals surface area contributed by atoms with Crippen molar-refractivity contribution in [2.45, 2.75) is 20.4 Å². The number of rotatable bonds is 6. The van der Waals surface area contributed by atoms with Crippen LogP contribution in [0.2, 0.25) is 5.02 Å². The van der Waals surface area contributed by atoms with E-state index < -0.39 is 4.92 Å². The molecule has 7 heteroatoms. The van der Waals surface area contributed by atoms with E-state index in [1.807, 2.05) is 31.0 Å². The Balaban J connectivity index is 2.06. The van der Waals surface area contributed by atoms with Crippen LogP contribution in [0.3, 0.4) is 0 Å². The van der Waals surface area contributed by atoms with E-state index in [-0.39, 0.29) is 23.8 Å². The summed E-state index contributed by atoms with van der Waals surface area (Å²) < 4.78 is 0. The standard InChI is InChI=1S/C18H20ClN3O3/c1-12-4-9-16(22(24)25)18(13(12)2)20-17(23)11-21(3)10-14-5-7-15(19)8-6-14/h4-9H,10-11H2,1-3H3,(H,20,23). The first-order valence-electron chi connectivity index (χ1n) is 7.75. The third-order valence-corrected chi connectivity index (χ3v) is 4.21. The molecule has 25 heavy (non-hydrogen) atoms. The van der Waals surface area contributed by atoms with Gasteiger partial charge in [0, 0.05) is 17.6 Å². The number of benzene rings is 2. The summed E-state index contributed by atoms with van der Waals surface area (Å²) in [6.45, 7) is 4.30. The molecule has 0 bridgehead atoms. The van der Waals surface area contributed by atoms with Gasteiger partial charge in [0.05, 0.1) is 11.5 Å². The average Bonchev–Trinajstić information content (AvgIpc) is 2.53. The summed E-state index contributed by atoms with van der Waals surface area (Å²) in [4.78, 5) is 24.8. The molecular formula is C18H20ClN3O3. The maximum absolute atomic E-state index is 12.3. The van der Waals surface area contributed by atoms with Crippen LogP contribution in [0, 0.1) is 24.0 Å². The van der Waals surface area contributed by atoms with Crippen molar-refractivity contribution < 1.29 is 9.72 Å². The van der Waals surface area contributed by atoms with Gasteiger partial charge >= 0.3 is 0 Å². The predicted molar refractivity (Wildman–Crippen MR) is 99.0 cm³/mol. The summed E-state index contributed by atoms with van der Waals surface area (Å²) in [5.74, 6) is -0.298. The van der Waals surface area contributed by atoms with Crippen LogP contribution in [0.1, 0.15) is 16.7 Å². The maximum Gasteiger partial charge on any atom is 0.293 e. The van der Waals surface area contributed by atoms with Crippen molar-refractivity contribution in [2.75, 3.05) is 18.9 Å². The number of amides is 1. The van der Waals surface area contributed by atoms with Crippen molar-refractivity contribution in [3.8, 4) is 0 Å². The zero-order valence-corrected chi connectivity index (χ0v) is 15.1. The third-order valence-electron chi connectivity index (χ3n) is 3.95. The number of nitro groups is 1. The molecular weight excluding hydrogens is 342 g/mol. The zero-order valence-electron chi connectivity index (χ0n) is 14.4. The quantitative estimate of drug-likeness (QED) is 0.624. The lowest BCUT2D eigenvalue weighted by molar-refractivity contribution is -0.384. The molecule has 0 saturated heterocycles. The number of halogens is 1. The Bertz CT molecular complexity index is 791. The minimum atomic E-state index is -0.487. The van der Waals surface area contributed by atoms with E-state index in [2.05, 4.69) is 5.32 Å². The zero-order chi connectivity index (χ0) is 18.6. The Morgan fingerprint density at radius 3 is 2.44 bits per heavy atom. The normalized spacial score (nSPS) is 10.8. The SMILES string of the molecule is Cc1ccc([N+](=O)[O-])c(NC(=O)CN(C)Cc2ccc(Cl)cc2)c1C. The Morgan fingerprint density at radius 1 is 1.20 bits per heavy atom. The summed E-state index contributed by atoms with van der Waals surface area (Å²) >= 11 is 5.86. The number of hydrogen-bond donors (Lipinski definition) is 1. The van der Waals surface area contributed by atoms with E-state index in [9.17, 15) is 14.9 Å². The number of carbonyl (C=O) groups is 1. The summed E-state index contributed by atoms with van der Waals surface area (Å²) in [5, 5.41) is 14.5. The van der Waals surface area contributed by atoms with E-state index in [1.165, 1.54) is 6.07 Å². The van der Waals surface area contributed by atoms with Gasteiger partial charge in [-0.2, -0.15) is 0 Å². The van der Waals surface area contributed by atoms with Gasteiger partial charge in [0.25, 0.3) is 5.69 Å². The highest BCUT2D eigenvalue weighted by Crippen LogP contribution is 2.30. The van der Waals surface area contributed by atoms with Crippen LogP contribution < -0.4 is 5.32 Å². The van der Waals surface area contributed by atoms with Crippen LogP contribution in [0.25, 0.3) is 0 Å². The van der Waals surface area contributed by atoms with Gasteiger partial charge in [-0.3, -0.25) is 19.8 Å². The second kappa shape index (κ2) is 8.09. The average molecular weight is 362 g/mol. The van der Waals surface area contributed by atoms with E-state index in [1.54, 1.807) is 25.1 Å². The highest BCUT2D eigenvalue weighted by atomic mass is 35.5. The van der Waals surface area contributed by atoms with Crippen LogP contribution in [0.4, 0.5) is 11.4 Å². The molecule has 1 amide bonds. The Hall–Kier alpha value is -2.44. The monoisotopic (exact) mass is 361 g/mol. The van der Waals surface area contributed by atoms with Crippen LogP contribution in [0.5, 0.6) is 0 Å². The molecule has 0 unspecified atom stereocenters. The molecule has 0 aliphatic heterocycles. The lowest BCUT2D eigenvalue weighted by Crippen LogP contribution is -2.30. The molecule has 132 valence electrons. The van der Waals surface area contributed by atoms with Crippen molar-refractivity contribution in [2.24, 2.45) is 0 Å². The Morgan fingerprint density at radius 2 is 1.84 bits per heavy atom. The summed E-state index contributed by atoms with van der Waals surface area (Å²) in [7, 11) is 1.81. The predicted octanol–water partition coefficient (Wildman–Crippen LogP) is 3.94. The molecule has 6 nitrogen and oxygen atoms in total. The summed E-state index contributed by atoms with van der Waals surface area (Å²) in [6.07, 6.45) is 0. The smallest absolute Gasteiger partial charge is 0.293 e. The molecule has 0 saturated carbocycles. The lowest BCUT2D eigenvalue weighted by atomic mass is 10.1. The van der Waals surface area contributed by atoms with Gasteiger partial charge in [-0.1, -0.05) is 29.8 Å². The minimum Gasteiger partial charge on any atom is -0.319 e. The first-order chi connectivity index (χ1) is 11.8. The lowest BCUT2D eigenvalue weighted by Gasteiger charge is -2.17. The Kier molecular flexibility index (Phi) is 6.12. The second-order valence-electron chi connectivity index (χ2n) is 6.01. The molecule has 0 atom stereocenters. The van der Waals surface area contributed by atoms with Gasteiger partial charge in [-0.15, -0.1) is 0 Å². The maximum atomic E-state index is 12.3. The number of nitro benzene ring substituents is 1. The summed E-state index contributed by atoms with van der Waals surface area (Å²) in [6, 6.07) is 10.5. The number of likely N-dealkylation sites (N-methyl/N-ethyl adjacent to an activating group) is 1. The fourth-order valence-electron chi connectivity index (χ4n) is 2.49. The molecule has 2 rings (SSSR count). The van der Waals surface area contributed by atoms with E-state index >= 15 is 0 Å². The van der Waals surface area contributed by atoms with E-state index in [0.29, 0.717) is 17.1 Å². The number of carbonyl (C=O) groups excluding carboxylic acids is 1. The highest BCUT2D eigenvalue weighted by Gasteiger charge is 2.19. The van der Waals surface area contributed by atoms with Crippen LogP contribution in [-0.2, 0) is 11.3 Å². The highest BCUT2D eigenvalue weighted by molar-refractivity contribution is 6.30. The molecule has 0 radical (unpaired) electrons. The number of hydrogen-bond acceptors (Lipinski definition) is 4. The van der Waals surface area contributed by atoms with Gasteiger partial charge in [-0.25, -0.2) is 0 Å². The summed E-state index contributed by atoms with van der Waals surface area (Å²) in [5.41, 5.74) is 2.77. The van der Waals surface area contributed by atoms with Gasteiger partial charge < -0.3 is 5.32 Å². The van der Waals surface area contributed by atoms with Crippen molar-refractivity contribution >= 4 is 28.9 Å². The molecule has 0 spiro atoms. The topological polar surface area (TPSA) is 75.5 Å².